The first kappa shape index (κ1) is 11.9. The van der Waals surface area contributed by atoms with Gasteiger partial charge in [-0.1, -0.05) is 0 Å². The lowest BCUT2D eigenvalue weighted by Crippen LogP contribution is -2.31. The second-order valence-corrected chi connectivity index (χ2v) is 7.83. The summed E-state index contributed by atoms with van der Waals surface area (Å²) in [4.78, 5) is 0. The first-order valence-corrected chi connectivity index (χ1v) is 7.91. The number of rotatable bonds is 2. The predicted octanol–water partition coefficient (Wildman–Crippen LogP) is 1.74. The molecule has 2 rings (SSSR count). The van der Waals surface area contributed by atoms with Crippen LogP contribution in [0.5, 0.6) is 0 Å². The summed E-state index contributed by atoms with van der Waals surface area (Å²) >= 11 is 1.68. The molecule has 1 aliphatic carbocycles. The van der Waals surface area contributed by atoms with Crippen LogP contribution in [0.25, 0.3) is 0 Å². The molecule has 3 nitrogen and oxygen atoms in total. The molecule has 1 saturated heterocycles. The van der Waals surface area contributed by atoms with Gasteiger partial charge in [-0.25, -0.2) is 0 Å². The van der Waals surface area contributed by atoms with Gasteiger partial charge in [0.1, 0.15) is 0 Å². The molecular weight excluding hydrogens is 232 g/mol. The SMILES string of the molecule is CSC1([S@@](C)=O)C[C@@H]2OC(C)(C)O[C@H]2C1. The number of hydrogen-bond donors (Lipinski definition) is 0. The zero-order valence-corrected chi connectivity index (χ0v) is 11.2. The lowest BCUT2D eigenvalue weighted by Gasteiger charge is -2.27. The number of fused-ring (bicyclic) bond motifs is 1. The van der Waals surface area contributed by atoms with Crippen molar-refractivity contribution in [1.82, 2.24) is 0 Å². The van der Waals surface area contributed by atoms with Crippen LogP contribution in [0.15, 0.2) is 0 Å². The molecule has 0 aromatic carbocycles. The highest BCUT2D eigenvalue weighted by Gasteiger charge is 2.55. The standard InChI is InChI=1S/C10H18O3S2/c1-9(2)12-7-5-10(14-3,15(4)11)6-8(7)13-9/h7-8H,5-6H2,1-4H3/t7-,8-,15+/m0/s1. The van der Waals surface area contributed by atoms with E-state index in [1.165, 1.54) is 0 Å². The van der Waals surface area contributed by atoms with Crippen LogP contribution in [0.2, 0.25) is 0 Å². The van der Waals surface area contributed by atoms with Crippen molar-refractivity contribution in [2.24, 2.45) is 0 Å². The van der Waals surface area contributed by atoms with E-state index in [0.717, 1.165) is 12.8 Å². The molecule has 0 unspecified atom stereocenters. The Bertz CT molecular complexity index is 274. The number of ether oxygens (including phenoxy) is 2. The molecule has 0 radical (unpaired) electrons. The van der Waals surface area contributed by atoms with E-state index in [1.54, 1.807) is 18.0 Å². The Hall–Kier alpha value is 0.420. The zero-order valence-electron chi connectivity index (χ0n) is 9.61. The van der Waals surface area contributed by atoms with Gasteiger partial charge in [0.05, 0.1) is 16.3 Å². The lowest BCUT2D eigenvalue weighted by atomic mass is 10.3. The average Bonchev–Trinajstić information content (AvgIpc) is 2.55. The maximum absolute atomic E-state index is 11.8. The number of hydrogen-bond acceptors (Lipinski definition) is 4. The van der Waals surface area contributed by atoms with Crippen LogP contribution in [0.3, 0.4) is 0 Å². The summed E-state index contributed by atoms with van der Waals surface area (Å²) in [5, 5.41) is 0. The molecule has 3 atom stereocenters. The van der Waals surface area contributed by atoms with E-state index in [4.69, 9.17) is 9.47 Å². The van der Waals surface area contributed by atoms with Crippen LogP contribution in [0.4, 0.5) is 0 Å². The smallest absolute Gasteiger partial charge is 0.163 e. The van der Waals surface area contributed by atoms with Crippen LogP contribution >= 0.6 is 11.8 Å². The van der Waals surface area contributed by atoms with E-state index in [9.17, 15) is 4.21 Å². The molecule has 2 fully saturated rings. The summed E-state index contributed by atoms with van der Waals surface area (Å²) in [6.07, 6.45) is 5.72. The fourth-order valence-corrected chi connectivity index (χ4v) is 4.87. The topological polar surface area (TPSA) is 35.5 Å². The summed E-state index contributed by atoms with van der Waals surface area (Å²) in [5.74, 6) is -0.463. The molecule has 0 amide bonds. The minimum absolute atomic E-state index is 0.122. The van der Waals surface area contributed by atoms with Gasteiger partial charge in [0, 0.05) is 29.9 Å². The second kappa shape index (κ2) is 3.72. The van der Waals surface area contributed by atoms with Gasteiger partial charge in [-0.15, -0.1) is 11.8 Å². The Kier molecular flexibility index (Phi) is 2.95. The monoisotopic (exact) mass is 250 g/mol. The van der Waals surface area contributed by atoms with Crippen molar-refractivity contribution in [2.75, 3.05) is 12.5 Å². The fraction of sp³-hybridized carbons (Fsp3) is 1.00. The highest BCUT2D eigenvalue weighted by atomic mass is 32.2. The van der Waals surface area contributed by atoms with Gasteiger partial charge in [0.25, 0.3) is 0 Å². The molecule has 0 bridgehead atoms. The van der Waals surface area contributed by atoms with Crippen LogP contribution < -0.4 is 0 Å². The largest absolute Gasteiger partial charge is 0.344 e. The minimum atomic E-state index is -0.830. The molecule has 1 aliphatic heterocycles. The van der Waals surface area contributed by atoms with Gasteiger partial charge < -0.3 is 9.47 Å². The summed E-state index contributed by atoms with van der Waals surface area (Å²) < 4.78 is 23.2. The Labute approximate surface area is 97.7 Å². The molecule has 1 saturated carbocycles. The van der Waals surface area contributed by atoms with Gasteiger partial charge in [0.15, 0.2) is 5.79 Å². The third kappa shape index (κ3) is 1.99. The van der Waals surface area contributed by atoms with E-state index >= 15 is 0 Å². The van der Waals surface area contributed by atoms with E-state index in [-0.39, 0.29) is 16.3 Å². The zero-order chi connectivity index (χ0) is 11.3. The van der Waals surface area contributed by atoms with E-state index in [2.05, 4.69) is 0 Å². The van der Waals surface area contributed by atoms with Crippen LogP contribution in [0.1, 0.15) is 26.7 Å². The lowest BCUT2D eigenvalue weighted by molar-refractivity contribution is -0.151. The van der Waals surface area contributed by atoms with Gasteiger partial charge >= 0.3 is 0 Å². The first-order valence-electron chi connectivity index (χ1n) is 5.13. The van der Waals surface area contributed by atoms with Gasteiger partial charge in [-0.2, -0.15) is 0 Å². The normalized spacial score (nSPS) is 38.9. The molecule has 5 heteroatoms. The Balaban J connectivity index is 2.13. The molecule has 0 aromatic heterocycles. The van der Waals surface area contributed by atoms with Crippen LogP contribution in [0, 0.1) is 0 Å². The van der Waals surface area contributed by atoms with Gasteiger partial charge in [-0.05, 0) is 20.1 Å². The van der Waals surface area contributed by atoms with Crippen molar-refractivity contribution in [3.63, 3.8) is 0 Å². The van der Waals surface area contributed by atoms with E-state index in [0.29, 0.717) is 0 Å². The summed E-state index contributed by atoms with van der Waals surface area (Å²) in [6.45, 7) is 3.88. The first-order chi connectivity index (χ1) is 6.88. The molecule has 0 spiro atoms. The molecule has 0 aromatic rings. The van der Waals surface area contributed by atoms with Gasteiger partial charge in [-0.3, -0.25) is 4.21 Å². The van der Waals surface area contributed by atoms with Crippen LogP contribution in [-0.2, 0) is 20.3 Å². The quantitative estimate of drug-likeness (QED) is 0.748. The fourth-order valence-electron chi connectivity index (χ4n) is 2.47. The van der Waals surface area contributed by atoms with Crippen molar-refractivity contribution >= 4 is 22.6 Å². The Morgan fingerprint density at radius 2 is 1.73 bits per heavy atom. The molecule has 88 valence electrons. The van der Waals surface area contributed by atoms with Crippen molar-refractivity contribution in [2.45, 2.75) is 48.8 Å². The molecule has 0 N–H and O–H groups in total. The average molecular weight is 250 g/mol. The second-order valence-electron chi connectivity index (χ2n) is 4.69. The molecule has 2 aliphatic rings. The van der Waals surface area contributed by atoms with E-state index < -0.39 is 16.6 Å². The van der Waals surface area contributed by atoms with Crippen molar-refractivity contribution < 1.29 is 13.7 Å². The predicted molar refractivity (Wildman–Crippen MR) is 63.4 cm³/mol. The Morgan fingerprint density at radius 1 is 1.27 bits per heavy atom. The summed E-state index contributed by atoms with van der Waals surface area (Å²) in [7, 11) is -0.830. The van der Waals surface area contributed by atoms with Crippen LogP contribution in [-0.4, -0.2) is 38.8 Å². The molecular formula is C10H18O3S2. The van der Waals surface area contributed by atoms with Crippen molar-refractivity contribution in [3.8, 4) is 0 Å². The summed E-state index contributed by atoms with van der Waals surface area (Å²) in [6, 6.07) is 0. The third-order valence-corrected chi connectivity index (χ3v) is 6.87. The highest BCUT2D eigenvalue weighted by molar-refractivity contribution is 8.11. The maximum atomic E-state index is 11.8. The van der Waals surface area contributed by atoms with Gasteiger partial charge in [0.2, 0.25) is 0 Å². The third-order valence-electron chi connectivity index (χ3n) is 3.21. The number of thioether (sulfide) groups is 1. The molecule has 15 heavy (non-hydrogen) atoms. The highest BCUT2D eigenvalue weighted by Crippen LogP contribution is 2.49. The van der Waals surface area contributed by atoms with Crippen molar-refractivity contribution in [1.29, 1.82) is 0 Å². The van der Waals surface area contributed by atoms with Crippen molar-refractivity contribution in [3.05, 3.63) is 0 Å². The molecule has 1 heterocycles. The minimum Gasteiger partial charge on any atom is -0.344 e. The van der Waals surface area contributed by atoms with E-state index in [1.807, 2.05) is 20.1 Å². The summed E-state index contributed by atoms with van der Waals surface area (Å²) in [5.41, 5.74) is 0. The Morgan fingerprint density at radius 3 is 2.07 bits per heavy atom. The maximum Gasteiger partial charge on any atom is 0.163 e.